The molecule has 3 nitrogen and oxygen atoms in total. The first-order valence-corrected chi connectivity index (χ1v) is 6.66. The van der Waals surface area contributed by atoms with E-state index < -0.39 is 0 Å². The predicted molar refractivity (Wildman–Crippen MR) is 66.7 cm³/mol. The third-order valence-corrected chi connectivity index (χ3v) is 3.53. The second-order valence-corrected chi connectivity index (χ2v) is 4.84. The Kier molecular flexibility index (Phi) is 7.01. The van der Waals surface area contributed by atoms with Crippen LogP contribution in [0.5, 0.6) is 0 Å². The van der Waals surface area contributed by atoms with Crippen molar-refractivity contribution in [1.82, 2.24) is 5.32 Å². The third-order valence-electron chi connectivity index (χ3n) is 3.53. The molecule has 1 heterocycles. The van der Waals surface area contributed by atoms with Crippen LogP contribution in [-0.2, 0) is 9.47 Å². The summed E-state index contributed by atoms with van der Waals surface area (Å²) in [6.07, 6.45) is 3.75. The Hall–Kier alpha value is -0.120. The molecule has 3 unspecified atom stereocenters. The topological polar surface area (TPSA) is 30.5 Å². The highest BCUT2D eigenvalue weighted by molar-refractivity contribution is 4.67. The van der Waals surface area contributed by atoms with Crippen LogP contribution in [0.1, 0.15) is 40.0 Å². The fourth-order valence-electron chi connectivity index (χ4n) is 1.85. The predicted octanol–water partition coefficient (Wildman–Crippen LogP) is 2.21. The molecule has 0 aliphatic carbocycles. The van der Waals surface area contributed by atoms with Gasteiger partial charge in [-0.05, 0) is 32.2 Å². The van der Waals surface area contributed by atoms with Gasteiger partial charge in [0.2, 0.25) is 0 Å². The molecule has 3 heteroatoms. The summed E-state index contributed by atoms with van der Waals surface area (Å²) in [5.41, 5.74) is 0. The maximum atomic E-state index is 5.71. The van der Waals surface area contributed by atoms with Crippen molar-refractivity contribution in [2.24, 2.45) is 5.92 Å². The van der Waals surface area contributed by atoms with Crippen LogP contribution in [0.4, 0.5) is 0 Å². The number of rotatable bonds is 8. The zero-order chi connectivity index (χ0) is 11.8. The Bertz CT molecular complexity index is 169. The summed E-state index contributed by atoms with van der Waals surface area (Å²) in [5.74, 6) is 0.754. The minimum atomic E-state index is 0.354. The summed E-state index contributed by atoms with van der Waals surface area (Å²) >= 11 is 0. The Labute approximate surface area is 99.9 Å². The van der Waals surface area contributed by atoms with Crippen molar-refractivity contribution in [3.63, 3.8) is 0 Å². The van der Waals surface area contributed by atoms with Gasteiger partial charge in [-0.15, -0.1) is 0 Å². The normalized spacial score (nSPS) is 24.6. The van der Waals surface area contributed by atoms with E-state index in [4.69, 9.17) is 9.47 Å². The molecule has 96 valence electrons. The Morgan fingerprint density at radius 1 is 1.44 bits per heavy atom. The standard InChI is InChI=1S/C13H27NO2/c1-4-11(2)12(3)14-7-5-8-16-13-6-9-15-10-13/h11-14H,4-10H2,1-3H3. The van der Waals surface area contributed by atoms with Gasteiger partial charge in [-0.2, -0.15) is 0 Å². The van der Waals surface area contributed by atoms with E-state index in [1.165, 1.54) is 6.42 Å². The number of hydrogen-bond donors (Lipinski definition) is 1. The third kappa shape index (κ3) is 5.28. The molecule has 3 atom stereocenters. The highest BCUT2D eigenvalue weighted by atomic mass is 16.5. The monoisotopic (exact) mass is 229 g/mol. The molecule has 0 aromatic heterocycles. The van der Waals surface area contributed by atoms with Gasteiger partial charge in [-0.3, -0.25) is 0 Å². The molecule has 0 saturated carbocycles. The molecule has 0 amide bonds. The van der Waals surface area contributed by atoms with E-state index in [0.29, 0.717) is 12.1 Å². The van der Waals surface area contributed by atoms with Crippen molar-refractivity contribution >= 4 is 0 Å². The van der Waals surface area contributed by atoms with Crippen molar-refractivity contribution in [1.29, 1.82) is 0 Å². The molecular formula is C13H27NO2. The van der Waals surface area contributed by atoms with Crippen LogP contribution < -0.4 is 5.32 Å². The molecule has 0 aromatic carbocycles. The van der Waals surface area contributed by atoms with Gasteiger partial charge in [-0.1, -0.05) is 20.3 Å². The Morgan fingerprint density at radius 2 is 2.25 bits per heavy atom. The summed E-state index contributed by atoms with van der Waals surface area (Å²) < 4.78 is 11.0. The largest absolute Gasteiger partial charge is 0.379 e. The lowest BCUT2D eigenvalue weighted by atomic mass is 10.0. The molecule has 1 aliphatic heterocycles. The molecule has 0 spiro atoms. The van der Waals surface area contributed by atoms with Crippen LogP contribution in [-0.4, -0.2) is 38.5 Å². The minimum absolute atomic E-state index is 0.354. The second kappa shape index (κ2) is 8.04. The highest BCUT2D eigenvalue weighted by Gasteiger charge is 2.15. The van der Waals surface area contributed by atoms with E-state index >= 15 is 0 Å². The van der Waals surface area contributed by atoms with E-state index in [2.05, 4.69) is 26.1 Å². The minimum Gasteiger partial charge on any atom is -0.379 e. The average molecular weight is 229 g/mol. The molecule has 0 aromatic rings. The first-order valence-electron chi connectivity index (χ1n) is 6.66. The van der Waals surface area contributed by atoms with Crippen LogP contribution in [0.2, 0.25) is 0 Å². The quantitative estimate of drug-likeness (QED) is 0.647. The van der Waals surface area contributed by atoms with E-state index in [0.717, 1.165) is 45.1 Å². The number of nitrogens with one attached hydrogen (secondary N) is 1. The maximum absolute atomic E-state index is 5.71. The van der Waals surface area contributed by atoms with Crippen molar-refractivity contribution < 1.29 is 9.47 Å². The summed E-state index contributed by atoms with van der Waals surface area (Å²) in [7, 11) is 0. The first-order chi connectivity index (χ1) is 7.74. The van der Waals surface area contributed by atoms with E-state index in [-0.39, 0.29) is 0 Å². The van der Waals surface area contributed by atoms with Gasteiger partial charge in [0.1, 0.15) is 0 Å². The first kappa shape index (κ1) is 13.9. The van der Waals surface area contributed by atoms with Crippen LogP contribution in [0, 0.1) is 5.92 Å². The smallest absolute Gasteiger partial charge is 0.0830 e. The van der Waals surface area contributed by atoms with Gasteiger partial charge in [0.25, 0.3) is 0 Å². The molecule has 16 heavy (non-hydrogen) atoms. The van der Waals surface area contributed by atoms with Gasteiger partial charge >= 0.3 is 0 Å². The average Bonchev–Trinajstić information content (AvgIpc) is 2.80. The van der Waals surface area contributed by atoms with Gasteiger partial charge in [-0.25, -0.2) is 0 Å². The van der Waals surface area contributed by atoms with Crippen LogP contribution >= 0.6 is 0 Å². The number of ether oxygens (including phenoxy) is 2. The number of hydrogen-bond acceptors (Lipinski definition) is 3. The molecule has 0 bridgehead atoms. The van der Waals surface area contributed by atoms with Gasteiger partial charge in [0, 0.05) is 19.3 Å². The molecule has 1 rings (SSSR count). The molecular weight excluding hydrogens is 202 g/mol. The van der Waals surface area contributed by atoms with E-state index in [1.807, 2.05) is 0 Å². The Balaban J connectivity index is 1.91. The zero-order valence-corrected chi connectivity index (χ0v) is 11.0. The summed E-state index contributed by atoms with van der Waals surface area (Å²) in [6, 6.07) is 0.611. The van der Waals surface area contributed by atoms with Gasteiger partial charge in [0.15, 0.2) is 0 Å². The fourth-order valence-corrected chi connectivity index (χ4v) is 1.85. The van der Waals surface area contributed by atoms with Crippen molar-refractivity contribution in [3.05, 3.63) is 0 Å². The van der Waals surface area contributed by atoms with Crippen molar-refractivity contribution in [3.8, 4) is 0 Å². The summed E-state index contributed by atoms with van der Waals surface area (Å²) in [6.45, 7) is 10.4. The molecule has 0 radical (unpaired) electrons. The van der Waals surface area contributed by atoms with Crippen molar-refractivity contribution in [2.75, 3.05) is 26.4 Å². The second-order valence-electron chi connectivity index (χ2n) is 4.84. The van der Waals surface area contributed by atoms with Gasteiger partial charge in [0.05, 0.1) is 12.7 Å². The van der Waals surface area contributed by atoms with Gasteiger partial charge < -0.3 is 14.8 Å². The fraction of sp³-hybridized carbons (Fsp3) is 1.00. The molecule has 1 aliphatic rings. The van der Waals surface area contributed by atoms with Crippen LogP contribution in [0.3, 0.4) is 0 Å². The SMILES string of the molecule is CCC(C)C(C)NCCCOC1CCOC1. The Morgan fingerprint density at radius 3 is 2.88 bits per heavy atom. The molecule has 1 N–H and O–H groups in total. The summed E-state index contributed by atoms with van der Waals surface area (Å²) in [5, 5.41) is 3.55. The maximum Gasteiger partial charge on any atom is 0.0830 e. The summed E-state index contributed by atoms with van der Waals surface area (Å²) in [4.78, 5) is 0. The highest BCUT2D eigenvalue weighted by Crippen LogP contribution is 2.08. The van der Waals surface area contributed by atoms with Crippen molar-refractivity contribution in [2.45, 2.75) is 52.2 Å². The van der Waals surface area contributed by atoms with E-state index in [9.17, 15) is 0 Å². The lowest BCUT2D eigenvalue weighted by Crippen LogP contribution is -2.33. The zero-order valence-electron chi connectivity index (χ0n) is 11.0. The lowest BCUT2D eigenvalue weighted by Gasteiger charge is -2.20. The van der Waals surface area contributed by atoms with Crippen LogP contribution in [0.15, 0.2) is 0 Å². The molecule has 1 saturated heterocycles. The lowest BCUT2D eigenvalue weighted by molar-refractivity contribution is 0.0412. The molecule has 1 fully saturated rings. The van der Waals surface area contributed by atoms with Crippen LogP contribution in [0.25, 0.3) is 0 Å². The van der Waals surface area contributed by atoms with E-state index in [1.54, 1.807) is 0 Å².